The van der Waals surface area contributed by atoms with E-state index >= 15 is 0 Å². The van der Waals surface area contributed by atoms with Crippen molar-refractivity contribution < 1.29 is 4.79 Å². The monoisotopic (exact) mass is 267 g/mol. The van der Waals surface area contributed by atoms with Crippen LogP contribution in [0.2, 0.25) is 0 Å². The Kier molecular flexibility index (Phi) is 4.11. The number of hydrogen-bond acceptors (Lipinski definition) is 4. The number of hydrogen-bond donors (Lipinski definition) is 3. The Morgan fingerprint density at radius 2 is 2.33 bits per heavy atom. The molecule has 2 unspecified atom stereocenters. The highest BCUT2D eigenvalue weighted by atomic mass is 32.1. The average Bonchev–Trinajstić information content (AvgIpc) is 3.00. The van der Waals surface area contributed by atoms with E-state index in [1.807, 2.05) is 13.0 Å². The summed E-state index contributed by atoms with van der Waals surface area (Å²) in [6.45, 7) is 4.93. The van der Waals surface area contributed by atoms with E-state index in [2.05, 4.69) is 17.6 Å². The van der Waals surface area contributed by atoms with Crippen molar-refractivity contribution in [3.05, 3.63) is 10.9 Å². The van der Waals surface area contributed by atoms with Gasteiger partial charge in [-0.1, -0.05) is 20.3 Å². The molecule has 0 aliphatic heterocycles. The first kappa shape index (κ1) is 13.2. The molecule has 1 heterocycles. The zero-order chi connectivity index (χ0) is 13.1. The van der Waals surface area contributed by atoms with Crippen molar-refractivity contribution >= 4 is 27.9 Å². The summed E-state index contributed by atoms with van der Waals surface area (Å²) in [5, 5.41) is 7.31. The molecule has 0 radical (unpaired) electrons. The van der Waals surface area contributed by atoms with Crippen LogP contribution >= 0.6 is 11.3 Å². The molecule has 5 heteroatoms. The molecule has 100 valence electrons. The van der Waals surface area contributed by atoms with Crippen molar-refractivity contribution in [1.29, 1.82) is 0 Å². The van der Waals surface area contributed by atoms with E-state index in [1.54, 1.807) is 0 Å². The van der Waals surface area contributed by atoms with E-state index in [1.165, 1.54) is 24.2 Å². The SMILES string of the molecule is CCCNC(=O)c1sc(NC2CC2CC)cc1N. The lowest BCUT2D eigenvalue weighted by molar-refractivity contribution is 0.0958. The number of nitrogens with one attached hydrogen (secondary N) is 2. The Hall–Kier alpha value is -1.23. The van der Waals surface area contributed by atoms with Gasteiger partial charge in [-0.05, 0) is 24.8 Å². The topological polar surface area (TPSA) is 67.2 Å². The van der Waals surface area contributed by atoms with Gasteiger partial charge in [-0.3, -0.25) is 4.79 Å². The van der Waals surface area contributed by atoms with Crippen LogP contribution < -0.4 is 16.4 Å². The summed E-state index contributed by atoms with van der Waals surface area (Å²) < 4.78 is 0. The van der Waals surface area contributed by atoms with Crippen LogP contribution in [0.25, 0.3) is 0 Å². The number of rotatable bonds is 6. The van der Waals surface area contributed by atoms with Gasteiger partial charge in [0.1, 0.15) is 4.88 Å². The highest BCUT2D eigenvalue weighted by Crippen LogP contribution is 2.39. The van der Waals surface area contributed by atoms with Gasteiger partial charge in [-0.2, -0.15) is 0 Å². The number of anilines is 2. The smallest absolute Gasteiger partial charge is 0.263 e. The maximum atomic E-state index is 11.9. The molecule has 0 saturated heterocycles. The van der Waals surface area contributed by atoms with Gasteiger partial charge < -0.3 is 16.4 Å². The zero-order valence-corrected chi connectivity index (χ0v) is 11.8. The number of nitrogens with two attached hydrogens (primary N) is 1. The van der Waals surface area contributed by atoms with Crippen LogP contribution in [0.4, 0.5) is 10.7 Å². The van der Waals surface area contributed by atoms with Gasteiger partial charge in [0.05, 0.1) is 10.7 Å². The molecule has 1 aliphatic carbocycles. The maximum absolute atomic E-state index is 11.9. The lowest BCUT2D eigenvalue weighted by Crippen LogP contribution is -2.23. The maximum Gasteiger partial charge on any atom is 0.263 e. The van der Waals surface area contributed by atoms with Crippen LogP contribution in [0.5, 0.6) is 0 Å². The molecule has 1 aromatic heterocycles. The minimum Gasteiger partial charge on any atom is -0.397 e. The Bertz CT molecular complexity index is 430. The molecule has 0 aromatic carbocycles. The fraction of sp³-hybridized carbons (Fsp3) is 0.615. The molecular formula is C13H21N3OS. The molecule has 18 heavy (non-hydrogen) atoms. The summed E-state index contributed by atoms with van der Waals surface area (Å²) in [5.74, 6) is 0.723. The van der Waals surface area contributed by atoms with Crippen molar-refractivity contribution in [3.8, 4) is 0 Å². The van der Waals surface area contributed by atoms with Crippen molar-refractivity contribution in [1.82, 2.24) is 5.32 Å². The van der Waals surface area contributed by atoms with Gasteiger partial charge in [0.2, 0.25) is 0 Å². The van der Waals surface area contributed by atoms with E-state index < -0.39 is 0 Å². The Balaban J connectivity index is 1.96. The Labute approximate surface area is 112 Å². The standard InChI is InChI=1S/C13H21N3OS/c1-3-5-15-13(17)12-9(14)7-11(18-12)16-10-6-8(10)4-2/h7-8,10,16H,3-6,14H2,1-2H3,(H,15,17). The number of nitrogen functional groups attached to an aromatic ring is 1. The summed E-state index contributed by atoms with van der Waals surface area (Å²) in [4.78, 5) is 12.5. The predicted molar refractivity (Wildman–Crippen MR) is 77.2 cm³/mol. The third-order valence-corrected chi connectivity index (χ3v) is 4.36. The molecule has 2 atom stereocenters. The van der Waals surface area contributed by atoms with E-state index in [0.29, 0.717) is 23.2 Å². The second-order valence-corrected chi connectivity index (χ2v) is 5.86. The van der Waals surface area contributed by atoms with Gasteiger partial charge in [-0.15, -0.1) is 11.3 Å². The molecule has 2 rings (SSSR count). The molecule has 4 N–H and O–H groups in total. The first-order valence-electron chi connectivity index (χ1n) is 6.59. The van der Waals surface area contributed by atoms with Crippen molar-refractivity contribution in [2.45, 2.75) is 39.2 Å². The Morgan fingerprint density at radius 3 is 2.94 bits per heavy atom. The largest absolute Gasteiger partial charge is 0.397 e. The van der Waals surface area contributed by atoms with E-state index in [9.17, 15) is 4.79 Å². The highest BCUT2D eigenvalue weighted by Gasteiger charge is 2.35. The quantitative estimate of drug-likeness (QED) is 0.742. The third kappa shape index (κ3) is 2.96. The van der Waals surface area contributed by atoms with E-state index in [4.69, 9.17) is 5.73 Å². The molecule has 1 amide bonds. The first-order chi connectivity index (χ1) is 8.65. The summed E-state index contributed by atoms with van der Waals surface area (Å²) >= 11 is 1.45. The third-order valence-electron chi connectivity index (χ3n) is 3.28. The van der Waals surface area contributed by atoms with Gasteiger partial charge >= 0.3 is 0 Å². The van der Waals surface area contributed by atoms with E-state index in [-0.39, 0.29) is 5.91 Å². The van der Waals surface area contributed by atoms with Gasteiger partial charge in [0.15, 0.2) is 0 Å². The highest BCUT2D eigenvalue weighted by molar-refractivity contribution is 7.18. The number of carbonyl (C=O) groups excluding carboxylic acids is 1. The van der Waals surface area contributed by atoms with Crippen LogP contribution in [0.1, 0.15) is 42.8 Å². The Morgan fingerprint density at radius 1 is 1.56 bits per heavy atom. The van der Waals surface area contributed by atoms with Crippen molar-refractivity contribution in [3.63, 3.8) is 0 Å². The summed E-state index contributed by atoms with van der Waals surface area (Å²) in [6.07, 6.45) is 3.37. The molecular weight excluding hydrogens is 246 g/mol. The molecule has 1 saturated carbocycles. The summed E-state index contributed by atoms with van der Waals surface area (Å²) in [7, 11) is 0. The second kappa shape index (κ2) is 5.61. The molecule has 1 aliphatic rings. The first-order valence-corrected chi connectivity index (χ1v) is 7.41. The molecule has 1 fully saturated rings. The van der Waals surface area contributed by atoms with Crippen molar-refractivity contribution in [2.24, 2.45) is 5.92 Å². The van der Waals surface area contributed by atoms with Crippen LogP contribution in [0.3, 0.4) is 0 Å². The summed E-state index contributed by atoms with van der Waals surface area (Å²) in [6, 6.07) is 2.44. The number of amides is 1. The minimum absolute atomic E-state index is 0.0600. The fourth-order valence-corrected chi connectivity index (χ4v) is 2.99. The lowest BCUT2D eigenvalue weighted by Gasteiger charge is -2.01. The van der Waals surface area contributed by atoms with Crippen LogP contribution in [-0.2, 0) is 0 Å². The van der Waals surface area contributed by atoms with Crippen molar-refractivity contribution in [2.75, 3.05) is 17.6 Å². The fourth-order valence-electron chi connectivity index (χ4n) is 2.03. The minimum atomic E-state index is -0.0600. The average molecular weight is 267 g/mol. The molecule has 0 spiro atoms. The van der Waals surface area contributed by atoms with Crippen LogP contribution in [0.15, 0.2) is 6.07 Å². The lowest BCUT2D eigenvalue weighted by atomic mass is 10.3. The van der Waals surface area contributed by atoms with Gasteiger partial charge in [-0.25, -0.2) is 0 Å². The molecule has 1 aromatic rings. The van der Waals surface area contributed by atoms with E-state index in [0.717, 1.165) is 17.3 Å². The molecule has 4 nitrogen and oxygen atoms in total. The molecule has 0 bridgehead atoms. The zero-order valence-electron chi connectivity index (χ0n) is 11.0. The van der Waals surface area contributed by atoms with Gasteiger partial charge in [0, 0.05) is 12.6 Å². The predicted octanol–water partition coefficient (Wildman–Crippen LogP) is 2.68. The summed E-state index contributed by atoms with van der Waals surface area (Å²) in [5.41, 5.74) is 6.46. The number of thiophene rings is 1. The van der Waals surface area contributed by atoms with Crippen LogP contribution in [-0.4, -0.2) is 18.5 Å². The van der Waals surface area contributed by atoms with Crippen LogP contribution in [0, 0.1) is 5.92 Å². The normalized spacial score (nSPS) is 21.7. The second-order valence-electron chi connectivity index (χ2n) is 4.81. The van der Waals surface area contributed by atoms with Gasteiger partial charge in [0.25, 0.3) is 5.91 Å². The number of carbonyl (C=O) groups is 1.